The summed E-state index contributed by atoms with van der Waals surface area (Å²) >= 11 is 10.8. The number of halogens is 2. The number of ether oxygens (including phenoxy) is 3. The van der Waals surface area contributed by atoms with E-state index in [0.29, 0.717) is 43.4 Å². The van der Waals surface area contributed by atoms with E-state index in [1.807, 2.05) is 12.1 Å². The number of benzene rings is 2. The third-order valence-corrected chi connectivity index (χ3v) is 8.43. The van der Waals surface area contributed by atoms with Gasteiger partial charge in [0.25, 0.3) is 5.56 Å². The maximum Gasteiger partial charge on any atom is 0.339 e. The summed E-state index contributed by atoms with van der Waals surface area (Å²) in [7, 11) is 2.81. The molecule has 2 aromatic carbocycles. The first-order valence-corrected chi connectivity index (χ1v) is 15.1. The lowest BCUT2D eigenvalue weighted by Crippen LogP contribution is -2.40. The van der Waals surface area contributed by atoms with Crippen LogP contribution >= 0.6 is 38.9 Å². The molecule has 4 aromatic rings. The number of thiazole rings is 1. The topological polar surface area (TPSA) is 109 Å². The number of esters is 2. The minimum atomic E-state index is -0.852. The molecule has 0 aliphatic carbocycles. The van der Waals surface area contributed by atoms with Crippen LogP contribution in [0, 0.1) is 0 Å². The summed E-state index contributed by atoms with van der Waals surface area (Å²) in [6.45, 7) is 5.24. The van der Waals surface area contributed by atoms with Crippen LogP contribution in [-0.2, 0) is 14.3 Å². The van der Waals surface area contributed by atoms with Crippen molar-refractivity contribution in [2.24, 2.45) is 4.99 Å². The van der Waals surface area contributed by atoms with Gasteiger partial charge in [0.05, 0.1) is 46.7 Å². The van der Waals surface area contributed by atoms with E-state index in [1.165, 1.54) is 30.1 Å². The highest BCUT2D eigenvalue weighted by Crippen LogP contribution is 2.37. The monoisotopic (exact) mass is 684 g/mol. The number of allylic oxidation sites excluding steroid dienone is 1. The average molecular weight is 686 g/mol. The van der Waals surface area contributed by atoms with Crippen molar-refractivity contribution in [2.45, 2.75) is 32.9 Å². The van der Waals surface area contributed by atoms with Crippen molar-refractivity contribution in [2.75, 3.05) is 14.2 Å². The summed E-state index contributed by atoms with van der Waals surface area (Å²) < 4.78 is 24.6. The smallest absolute Gasteiger partial charge is 0.339 e. The molecule has 0 spiro atoms. The predicted octanol–water partition coefficient (Wildman–Crippen LogP) is 5.66. The molecule has 0 amide bonds. The third kappa shape index (κ3) is 5.97. The van der Waals surface area contributed by atoms with Gasteiger partial charge in [-0.05, 0) is 69.3 Å². The number of fused-ring (bicyclic) bond motifs is 1. The zero-order valence-electron chi connectivity index (χ0n) is 23.8. The van der Waals surface area contributed by atoms with Gasteiger partial charge in [0.2, 0.25) is 0 Å². The summed E-state index contributed by atoms with van der Waals surface area (Å²) in [6, 6.07) is 12.9. The van der Waals surface area contributed by atoms with E-state index in [4.69, 9.17) is 30.2 Å². The molecular formula is C31H26BrClN2O7S. The van der Waals surface area contributed by atoms with E-state index in [1.54, 1.807) is 63.2 Å². The van der Waals surface area contributed by atoms with Gasteiger partial charge in [0.15, 0.2) is 4.80 Å². The van der Waals surface area contributed by atoms with Crippen molar-refractivity contribution in [3.8, 4) is 17.1 Å². The van der Waals surface area contributed by atoms with E-state index in [9.17, 15) is 14.4 Å². The summed E-state index contributed by atoms with van der Waals surface area (Å²) in [5.74, 6) is 0.233. The molecule has 1 aliphatic heterocycles. The third-order valence-electron chi connectivity index (χ3n) is 6.63. The van der Waals surface area contributed by atoms with Gasteiger partial charge in [-0.1, -0.05) is 38.9 Å². The second kappa shape index (κ2) is 12.4. The molecular weight excluding hydrogens is 660 g/mol. The molecule has 9 nitrogen and oxygen atoms in total. The number of aromatic nitrogens is 1. The molecule has 5 rings (SSSR count). The number of rotatable bonds is 7. The molecule has 12 heteroatoms. The Morgan fingerprint density at radius 3 is 2.58 bits per heavy atom. The fourth-order valence-electron chi connectivity index (χ4n) is 4.73. The Kier molecular flexibility index (Phi) is 8.77. The van der Waals surface area contributed by atoms with E-state index >= 15 is 0 Å². The van der Waals surface area contributed by atoms with Crippen LogP contribution in [0.3, 0.4) is 0 Å². The number of nitrogens with zero attached hydrogens (tertiary/aromatic N) is 2. The SMILES string of the molecule is COC(=O)c1cc(-c2ccc(/C=c3\sc4n(c3=O)[C@@H](c3cc(Br)ccc3OC)C(C(=O)OC(C)C)=C(C)N=4)o2)ccc1Cl. The first-order valence-electron chi connectivity index (χ1n) is 13.1. The Morgan fingerprint density at radius 1 is 1.12 bits per heavy atom. The van der Waals surface area contributed by atoms with Gasteiger partial charge < -0.3 is 18.6 Å². The van der Waals surface area contributed by atoms with Gasteiger partial charge in [-0.3, -0.25) is 9.36 Å². The minimum Gasteiger partial charge on any atom is -0.496 e. The van der Waals surface area contributed by atoms with Crippen LogP contribution in [0.15, 0.2) is 78.5 Å². The lowest BCUT2D eigenvalue weighted by Gasteiger charge is -2.26. The number of carbonyl (C=O) groups is 2. The molecule has 0 saturated heterocycles. The summed E-state index contributed by atoms with van der Waals surface area (Å²) in [4.78, 5) is 44.5. The molecule has 222 valence electrons. The lowest BCUT2D eigenvalue weighted by atomic mass is 9.95. The van der Waals surface area contributed by atoms with Crippen LogP contribution in [0.5, 0.6) is 5.75 Å². The fraction of sp³-hybridized carbons (Fsp3) is 0.226. The summed E-state index contributed by atoms with van der Waals surface area (Å²) in [5.41, 5.74) is 1.73. The number of carbonyl (C=O) groups excluding carboxylic acids is 2. The van der Waals surface area contributed by atoms with E-state index in [2.05, 4.69) is 20.9 Å². The zero-order chi connectivity index (χ0) is 31.0. The second-order valence-electron chi connectivity index (χ2n) is 9.81. The van der Waals surface area contributed by atoms with Gasteiger partial charge in [-0.2, -0.15) is 0 Å². The highest BCUT2D eigenvalue weighted by Gasteiger charge is 2.35. The Labute approximate surface area is 263 Å². The van der Waals surface area contributed by atoms with Crippen LogP contribution in [0.25, 0.3) is 17.4 Å². The van der Waals surface area contributed by atoms with Gasteiger partial charge in [0, 0.05) is 21.7 Å². The predicted molar refractivity (Wildman–Crippen MR) is 166 cm³/mol. The van der Waals surface area contributed by atoms with E-state index in [0.717, 1.165) is 4.47 Å². The largest absolute Gasteiger partial charge is 0.496 e. The van der Waals surface area contributed by atoms with Crippen LogP contribution in [0.2, 0.25) is 5.02 Å². The van der Waals surface area contributed by atoms with E-state index in [-0.39, 0.29) is 27.8 Å². The lowest BCUT2D eigenvalue weighted by molar-refractivity contribution is -0.143. The number of hydrogen-bond donors (Lipinski definition) is 0. The van der Waals surface area contributed by atoms with Crippen molar-refractivity contribution < 1.29 is 28.2 Å². The van der Waals surface area contributed by atoms with Crippen LogP contribution in [0.4, 0.5) is 0 Å². The molecule has 0 unspecified atom stereocenters. The van der Waals surface area contributed by atoms with Crippen LogP contribution < -0.4 is 19.6 Å². The zero-order valence-corrected chi connectivity index (χ0v) is 26.9. The molecule has 0 fully saturated rings. The van der Waals surface area contributed by atoms with Crippen molar-refractivity contribution in [1.29, 1.82) is 0 Å². The van der Waals surface area contributed by atoms with Gasteiger partial charge in [-0.25, -0.2) is 14.6 Å². The molecule has 1 aliphatic rings. The highest BCUT2D eigenvalue weighted by molar-refractivity contribution is 9.10. The Hall–Kier alpha value is -3.93. The maximum atomic E-state index is 14.0. The summed E-state index contributed by atoms with van der Waals surface area (Å²) in [6.07, 6.45) is 1.24. The first-order chi connectivity index (χ1) is 20.5. The van der Waals surface area contributed by atoms with Gasteiger partial charge >= 0.3 is 11.9 Å². The Morgan fingerprint density at radius 2 is 1.88 bits per heavy atom. The molecule has 0 radical (unpaired) electrons. The number of methoxy groups -OCH3 is 2. The van der Waals surface area contributed by atoms with Gasteiger partial charge in [0.1, 0.15) is 23.3 Å². The van der Waals surface area contributed by atoms with Crippen molar-refractivity contribution in [3.63, 3.8) is 0 Å². The van der Waals surface area contributed by atoms with Crippen molar-refractivity contribution in [3.05, 3.63) is 106 Å². The van der Waals surface area contributed by atoms with E-state index < -0.39 is 18.0 Å². The molecule has 2 aromatic heterocycles. The average Bonchev–Trinajstić information content (AvgIpc) is 3.55. The van der Waals surface area contributed by atoms with Crippen LogP contribution in [-0.4, -0.2) is 36.8 Å². The molecule has 0 bridgehead atoms. The maximum absolute atomic E-state index is 14.0. The normalized spacial score (nSPS) is 14.9. The molecule has 3 heterocycles. The fourth-order valence-corrected chi connectivity index (χ4v) is 6.33. The number of hydrogen-bond acceptors (Lipinski definition) is 9. The Balaban J connectivity index is 1.64. The second-order valence-corrected chi connectivity index (χ2v) is 12.1. The summed E-state index contributed by atoms with van der Waals surface area (Å²) in [5, 5.41) is 0.257. The van der Waals surface area contributed by atoms with Gasteiger partial charge in [-0.15, -0.1) is 0 Å². The first kappa shape index (κ1) is 30.5. The molecule has 0 saturated carbocycles. The Bertz CT molecular complexity index is 1970. The molecule has 0 N–H and O–H groups in total. The standard InChI is InChI=1S/C31H26BrClN2O7S/c1-15(2)41-30(38)26-16(3)34-31-35(27(26)21-13-18(32)7-10-24(21)39-4)28(36)25(43-31)14-19-8-11-23(42-19)17-6-9-22(33)20(12-17)29(37)40-5/h6-15,27H,1-5H3/b25-14-/t27-/m0/s1. The molecule has 1 atom stereocenters. The highest BCUT2D eigenvalue weighted by atomic mass is 79.9. The number of furan rings is 1. The minimum absolute atomic E-state index is 0.207. The quantitative estimate of drug-likeness (QED) is 0.231. The van der Waals surface area contributed by atoms with Crippen LogP contribution in [0.1, 0.15) is 48.5 Å². The van der Waals surface area contributed by atoms with Crippen molar-refractivity contribution >= 4 is 56.9 Å². The van der Waals surface area contributed by atoms with Crippen molar-refractivity contribution in [1.82, 2.24) is 4.57 Å². The molecule has 43 heavy (non-hydrogen) atoms.